The number of hydrogen-bond acceptors (Lipinski definition) is 3. The lowest BCUT2D eigenvalue weighted by Crippen LogP contribution is -2.48. The normalized spacial score (nSPS) is 32.6. The van der Waals surface area contributed by atoms with Crippen LogP contribution in [0.1, 0.15) is 46.0 Å². The molecule has 1 rings (SSSR count). The fourth-order valence-corrected chi connectivity index (χ4v) is 1.83. The molecule has 0 spiro atoms. The van der Waals surface area contributed by atoms with Crippen molar-refractivity contribution in [3.05, 3.63) is 0 Å². The Hall–Kier alpha value is -0.120. The molecule has 0 radical (unpaired) electrons. The average Bonchev–Trinajstić information content (AvgIpc) is 2.17. The number of hydrogen-bond donors (Lipinski definition) is 3. The minimum Gasteiger partial charge on any atom is -0.392 e. The molecule has 0 amide bonds. The van der Waals surface area contributed by atoms with Crippen LogP contribution in [-0.4, -0.2) is 34.5 Å². The molecule has 0 bridgehead atoms. The molecule has 84 valence electrons. The molecule has 1 aliphatic rings. The summed E-state index contributed by atoms with van der Waals surface area (Å²) in [6.45, 7) is 4.37. The van der Waals surface area contributed by atoms with Gasteiger partial charge in [-0.3, -0.25) is 0 Å². The maximum absolute atomic E-state index is 9.80. The largest absolute Gasteiger partial charge is 0.392 e. The van der Waals surface area contributed by atoms with E-state index in [0.717, 1.165) is 25.7 Å². The van der Waals surface area contributed by atoms with Crippen molar-refractivity contribution in [2.45, 2.75) is 63.7 Å². The Morgan fingerprint density at radius 1 is 1.36 bits per heavy atom. The highest BCUT2D eigenvalue weighted by Crippen LogP contribution is 2.19. The van der Waals surface area contributed by atoms with Gasteiger partial charge in [0.1, 0.15) is 0 Å². The Bertz CT molecular complexity index is 171. The van der Waals surface area contributed by atoms with E-state index in [0.29, 0.717) is 6.54 Å². The predicted octanol–water partition coefficient (Wildman–Crippen LogP) is 1.04. The van der Waals surface area contributed by atoms with E-state index < -0.39 is 5.60 Å². The van der Waals surface area contributed by atoms with Crippen LogP contribution in [0.25, 0.3) is 0 Å². The van der Waals surface area contributed by atoms with Crippen LogP contribution < -0.4 is 5.32 Å². The molecule has 0 saturated heterocycles. The summed E-state index contributed by atoms with van der Waals surface area (Å²) >= 11 is 0. The Kier molecular flexibility index (Phi) is 4.35. The summed E-state index contributed by atoms with van der Waals surface area (Å²) in [5.74, 6) is 0. The van der Waals surface area contributed by atoms with E-state index in [4.69, 9.17) is 0 Å². The zero-order valence-electron chi connectivity index (χ0n) is 9.29. The van der Waals surface area contributed by atoms with Gasteiger partial charge in [0.2, 0.25) is 0 Å². The molecule has 3 atom stereocenters. The highest BCUT2D eigenvalue weighted by atomic mass is 16.3. The lowest BCUT2D eigenvalue weighted by atomic mass is 9.92. The van der Waals surface area contributed by atoms with Gasteiger partial charge >= 0.3 is 0 Å². The third-order valence-corrected chi connectivity index (χ3v) is 3.24. The number of nitrogens with one attached hydrogen (secondary N) is 1. The van der Waals surface area contributed by atoms with Crippen molar-refractivity contribution in [1.82, 2.24) is 5.32 Å². The summed E-state index contributed by atoms with van der Waals surface area (Å²) in [4.78, 5) is 0. The van der Waals surface area contributed by atoms with Gasteiger partial charge in [-0.15, -0.1) is 0 Å². The van der Waals surface area contributed by atoms with Crippen LogP contribution in [0, 0.1) is 0 Å². The van der Waals surface area contributed by atoms with Crippen molar-refractivity contribution in [2.75, 3.05) is 6.54 Å². The number of rotatable bonds is 4. The topological polar surface area (TPSA) is 52.5 Å². The molecule has 0 aromatic carbocycles. The summed E-state index contributed by atoms with van der Waals surface area (Å²) in [6, 6.07) is 0.182. The first kappa shape index (κ1) is 12.0. The SMILES string of the molecule is CCC(C)(O)CN[C@@H]1CCCC[C@H]1O. The smallest absolute Gasteiger partial charge is 0.0741 e. The minimum atomic E-state index is -0.642. The third kappa shape index (κ3) is 3.56. The lowest BCUT2D eigenvalue weighted by molar-refractivity contribution is 0.0346. The minimum absolute atomic E-state index is 0.182. The maximum atomic E-state index is 9.80. The zero-order chi connectivity index (χ0) is 10.6. The number of aliphatic hydroxyl groups excluding tert-OH is 1. The van der Waals surface area contributed by atoms with Crippen molar-refractivity contribution in [3.63, 3.8) is 0 Å². The third-order valence-electron chi connectivity index (χ3n) is 3.24. The quantitative estimate of drug-likeness (QED) is 0.637. The van der Waals surface area contributed by atoms with Gasteiger partial charge in [-0.1, -0.05) is 19.8 Å². The molecule has 3 N–H and O–H groups in total. The van der Waals surface area contributed by atoms with E-state index in [1.165, 1.54) is 6.42 Å². The second-order valence-electron chi connectivity index (χ2n) is 4.69. The highest BCUT2D eigenvalue weighted by molar-refractivity contribution is 4.83. The molecular formula is C11H23NO2. The molecule has 0 heterocycles. The Labute approximate surface area is 86.5 Å². The van der Waals surface area contributed by atoms with Gasteiger partial charge in [0, 0.05) is 12.6 Å². The molecule has 0 aromatic heterocycles. The van der Waals surface area contributed by atoms with E-state index in [-0.39, 0.29) is 12.1 Å². The summed E-state index contributed by atoms with van der Waals surface area (Å²) in [7, 11) is 0. The highest BCUT2D eigenvalue weighted by Gasteiger charge is 2.25. The van der Waals surface area contributed by atoms with Gasteiger partial charge in [0.05, 0.1) is 11.7 Å². The maximum Gasteiger partial charge on any atom is 0.0741 e. The van der Waals surface area contributed by atoms with Crippen LogP contribution in [0.3, 0.4) is 0 Å². The van der Waals surface area contributed by atoms with E-state index in [1.54, 1.807) is 0 Å². The fourth-order valence-electron chi connectivity index (χ4n) is 1.83. The van der Waals surface area contributed by atoms with Crippen molar-refractivity contribution >= 4 is 0 Å². The van der Waals surface area contributed by atoms with Crippen LogP contribution in [-0.2, 0) is 0 Å². The molecule has 0 aliphatic heterocycles. The molecule has 0 aromatic rings. The molecule has 3 heteroatoms. The molecule has 1 fully saturated rings. The molecule has 1 unspecified atom stereocenters. The second kappa shape index (κ2) is 5.10. The van der Waals surface area contributed by atoms with Gasteiger partial charge < -0.3 is 15.5 Å². The summed E-state index contributed by atoms with van der Waals surface area (Å²) in [5.41, 5.74) is -0.642. The van der Waals surface area contributed by atoms with Gasteiger partial charge in [-0.05, 0) is 26.2 Å². The standard InChI is InChI=1S/C11H23NO2/c1-3-11(2,14)8-12-9-6-4-5-7-10(9)13/h9-10,12-14H,3-8H2,1-2H3/t9-,10-,11?/m1/s1. The van der Waals surface area contributed by atoms with Gasteiger partial charge in [-0.25, -0.2) is 0 Å². The molecule has 1 aliphatic carbocycles. The summed E-state index contributed by atoms with van der Waals surface area (Å²) in [5, 5.41) is 22.8. The Balaban J connectivity index is 2.29. The van der Waals surface area contributed by atoms with Gasteiger partial charge in [-0.2, -0.15) is 0 Å². The molecular weight excluding hydrogens is 178 g/mol. The van der Waals surface area contributed by atoms with Crippen molar-refractivity contribution in [2.24, 2.45) is 0 Å². The van der Waals surface area contributed by atoms with Crippen molar-refractivity contribution in [3.8, 4) is 0 Å². The van der Waals surface area contributed by atoms with E-state index in [2.05, 4.69) is 5.32 Å². The second-order valence-corrected chi connectivity index (χ2v) is 4.69. The lowest BCUT2D eigenvalue weighted by Gasteiger charge is -2.31. The van der Waals surface area contributed by atoms with Crippen molar-refractivity contribution < 1.29 is 10.2 Å². The fraction of sp³-hybridized carbons (Fsp3) is 1.00. The van der Waals surface area contributed by atoms with Crippen LogP contribution in [0.15, 0.2) is 0 Å². The summed E-state index contributed by atoms with van der Waals surface area (Å²) < 4.78 is 0. The molecule has 1 saturated carbocycles. The predicted molar refractivity (Wildman–Crippen MR) is 57.2 cm³/mol. The van der Waals surface area contributed by atoms with Crippen LogP contribution in [0.5, 0.6) is 0 Å². The Morgan fingerprint density at radius 3 is 2.57 bits per heavy atom. The molecule has 14 heavy (non-hydrogen) atoms. The first-order valence-corrected chi connectivity index (χ1v) is 5.69. The van der Waals surface area contributed by atoms with Gasteiger partial charge in [0.25, 0.3) is 0 Å². The van der Waals surface area contributed by atoms with Crippen LogP contribution in [0.4, 0.5) is 0 Å². The monoisotopic (exact) mass is 201 g/mol. The average molecular weight is 201 g/mol. The zero-order valence-corrected chi connectivity index (χ0v) is 9.29. The number of aliphatic hydroxyl groups is 2. The summed E-state index contributed by atoms with van der Waals surface area (Å²) in [6.07, 6.45) is 4.75. The van der Waals surface area contributed by atoms with Crippen LogP contribution in [0.2, 0.25) is 0 Å². The van der Waals surface area contributed by atoms with E-state index in [9.17, 15) is 10.2 Å². The van der Waals surface area contributed by atoms with Crippen molar-refractivity contribution in [1.29, 1.82) is 0 Å². The first-order valence-electron chi connectivity index (χ1n) is 5.69. The van der Waals surface area contributed by atoms with Gasteiger partial charge in [0.15, 0.2) is 0 Å². The first-order chi connectivity index (χ1) is 6.55. The molecule has 3 nitrogen and oxygen atoms in total. The Morgan fingerprint density at radius 2 is 2.00 bits per heavy atom. The van der Waals surface area contributed by atoms with Crippen LogP contribution >= 0.6 is 0 Å². The van der Waals surface area contributed by atoms with E-state index in [1.807, 2.05) is 13.8 Å². The van der Waals surface area contributed by atoms with E-state index >= 15 is 0 Å².